The van der Waals surface area contributed by atoms with Crippen molar-refractivity contribution in [3.63, 3.8) is 0 Å². The zero-order valence-corrected chi connectivity index (χ0v) is 12.3. The lowest BCUT2D eigenvalue weighted by atomic mass is 10.2. The molecule has 0 spiro atoms. The molecular weight excluding hydrogens is 267 g/mol. The maximum atomic E-state index is 13.2. The Labute approximate surface area is 115 Å². The molecule has 0 amide bonds. The molecule has 1 rings (SSSR count). The van der Waals surface area contributed by atoms with Crippen LogP contribution < -0.4 is 0 Å². The molecule has 5 heteroatoms. The van der Waals surface area contributed by atoms with E-state index in [0.29, 0.717) is 16.9 Å². The highest BCUT2D eigenvalue weighted by molar-refractivity contribution is 7.86. The zero-order valence-electron chi connectivity index (χ0n) is 11.4. The summed E-state index contributed by atoms with van der Waals surface area (Å²) in [4.78, 5) is 12.2. The van der Waals surface area contributed by atoms with Crippen LogP contribution in [0.25, 0.3) is 0 Å². The highest BCUT2D eigenvalue weighted by Gasteiger charge is 2.26. The van der Waals surface area contributed by atoms with Crippen LogP contribution in [-0.2, 0) is 20.3 Å². The molecule has 3 nitrogen and oxygen atoms in total. The van der Waals surface area contributed by atoms with E-state index in [4.69, 9.17) is 4.74 Å². The summed E-state index contributed by atoms with van der Waals surface area (Å²) in [5, 5.41) is -0.685. The first kappa shape index (κ1) is 15.8. The van der Waals surface area contributed by atoms with E-state index in [1.807, 2.05) is 6.92 Å². The van der Waals surface area contributed by atoms with Gasteiger partial charge in [-0.05, 0) is 37.1 Å². The van der Waals surface area contributed by atoms with Gasteiger partial charge in [-0.2, -0.15) is 0 Å². The van der Waals surface area contributed by atoms with Gasteiger partial charge in [-0.1, -0.05) is 19.8 Å². The van der Waals surface area contributed by atoms with Crippen LogP contribution >= 0.6 is 0 Å². The maximum Gasteiger partial charge on any atom is 0.321 e. The Kier molecular flexibility index (Phi) is 6.15. The molecule has 0 fully saturated rings. The molecule has 0 radical (unpaired) electrons. The Morgan fingerprint density at radius 1 is 1.47 bits per heavy atom. The van der Waals surface area contributed by atoms with Crippen LogP contribution in [0.1, 0.15) is 31.7 Å². The number of carbonyl (C=O) groups is 1. The molecule has 0 unspecified atom stereocenters. The number of methoxy groups -OCH3 is 1. The Morgan fingerprint density at radius 2 is 2.16 bits per heavy atom. The average molecular weight is 286 g/mol. The molecule has 1 aromatic carbocycles. The van der Waals surface area contributed by atoms with Gasteiger partial charge in [-0.25, -0.2) is 4.39 Å². The van der Waals surface area contributed by atoms with Crippen LogP contribution in [0.3, 0.4) is 0 Å². The van der Waals surface area contributed by atoms with Crippen molar-refractivity contribution in [1.29, 1.82) is 0 Å². The third kappa shape index (κ3) is 4.13. The number of aryl methyl sites for hydroxylation is 1. The molecule has 0 aromatic heterocycles. The van der Waals surface area contributed by atoms with Crippen LogP contribution in [0.2, 0.25) is 0 Å². The summed E-state index contributed by atoms with van der Waals surface area (Å²) in [5.74, 6) is -0.822. The van der Waals surface area contributed by atoms with Crippen molar-refractivity contribution in [3.05, 3.63) is 29.6 Å². The second-order valence-corrected chi connectivity index (χ2v) is 6.00. The lowest BCUT2D eigenvalue weighted by molar-refractivity contribution is -0.140. The summed E-state index contributed by atoms with van der Waals surface area (Å²) in [5.41, 5.74) is 0.421. The number of carbonyl (C=O) groups excluding carboxylic acids is 1. The van der Waals surface area contributed by atoms with Crippen molar-refractivity contribution in [3.8, 4) is 0 Å². The van der Waals surface area contributed by atoms with Crippen LogP contribution in [0.4, 0.5) is 4.39 Å². The van der Waals surface area contributed by atoms with E-state index >= 15 is 0 Å². The Morgan fingerprint density at radius 3 is 2.68 bits per heavy atom. The minimum atomic E-state index is -1.51. The first-order valence-corrected chi connectivity index (χ1v) is 7.47. The molecule has 0 aliphatic heterocycles. The number of esters is 1. The zero-order chi connectivity index (χ0) is 14.4. The van der Waals surface area contributed by atoms with Crippen LogP contribution in [0, 0.1) is 12.7 Å². The first-order valence-electron chi connectivity index (χ1n) is 6.25. The van der Waals surface area contributed by atoms with Gasteiger partial charge in [-0.15, -0.1) is 0 Å². The summed E-state index contributed by atoms with van der Waals surface area (Å²) in [7, 11) is -0.226. The van der Waals surface area contributed by atoms with E-state index in [0.717, 1.165) is 12.8 Å². The number of hydrogen-bond donors (Lipinski definition) is 0. The molecule has 0 saturated heterocycles. The molecule has 0 N–H and O–H groups in total. The quantitative estimate of drug-likeness (QED) is 0.755. The summed E-state index contributed by atoms with van der Waals surface area (Å²) >= 11 is 0. The predicted octanol–water partition coefficient (Wildman–Crippen LogP) is 2.97. The van der Waals surface area contributed by atoms with Gasteiger partial charge in [-0.3, -0.25) is 9.00 Å². The van der Waals surface area contributed by atoms with Gasteiger partial charge in [0.1, 0.15) is 11.1 Å². The van der Waals surface area contributed by atoms with Crippen molar-refractivity contribution >= 4 is 16.8 Å². The van der Waals surface area contributed by atoms with Crippen molar-refractivity contribution in [2.45, 2.75) is 43.3 Å². The van der Waals surface area contributed by atoms with E-state index in [1.54, 1.807) is 6.92 Å². The number of unbranched alkanes of at least 4 members (excludes halogenated alkanes) is 1. The Balaban J connectivity index is 2.97. The average Bonchev–Trinajstić information content (AvgIpc) is 2.41. The first-order chi connectivity index (χ1) is 9.01. The number of ether oxygens (including phenoxy) is 1. The van der Waals surface area contributed by atoms with E-state index in [-0.39, 0.29) is 5.82 Å². The van der Waals surface area contributed by atoms with E-state index in [9.17, 15) is 13.4 Å². The molecular formula is C14H19FO3S. The molecule has 2 atom stereocenters. The fourth-order valence-electron chi connectivity index (χ4n) is 1.74. The third-order valence-electron chi connectivity index (χ3n) is 2.90. The van der Waals surface area contributed by atoms with Crippen molar-refractivity contribution < 1.29 is 18.1 Å². The third-order valence-corrected chi connectivity index (χ3v) is 4.57. The smallest absolute Gasteiger partial charge is 0.321 e. The van der Waals surface area contributed by atoms with E-state index < -0.39 is 22.0 Å². The highest BCUT2D eigenvalue weighted by Crippen LogP contribution is 2.19. The number of benzene rings is 1. The molecule has 0 aliphatic carbocycles. The maximum absolute atomic E-state index is 13.2. The molecule has 106 valence electrons. The van der Waals surface area contributed by atoms with Gasteiger partial charge in [0.25, 0.3) is 0 Å². The monoisotopic (exact) mass is 286 g/mol. The van der Waals surface area contributed by atoms with Gasteiger partial charge in [0.15, 0.2) is 0 Å². The summed E-state index contributed by atoms with van der Waals surface area (Å²) in [6.45, 7) is 3.61. The molecule has 19 heavy (non-hydrogen) atoms. The van der Waals surface area contributed by atoms with Gasteiger partial charge in [0, 0.05) is 4.90 Å². The van der Waals surface area contributed by atoms with Crippen LogP contribution in [0.15, 0.2) is 23.1 Å². The van der Waals surface area contributed by atoms with E-state index in [2.05, 4.69) is 0 Å². The summed E-state index contributed by atoms with van der Waals surface area (Å²) in [6.07, 6.45) is 2.21. The largest absolute Gasteiger partial charge is 0.468 e. The molecule has 1 aromatic rings. The number of rotatable bonds is 6. The summed E-state index contributed by atoms with van der Waals surface area (Å²) in [6, 6.07) is 4.25. The standard InChI is InChI=1S/C14H19FO3S/c1-4-5-6-13(14(16)18-3)19(17)11-7-8-12(15)10(2)9-11/h7-9,13H,4-6H2,1-3H3/t13-,19-/m0/s1. The second-order valence-electron chi connectivity index (χ2n) is 4.36. The second kappa shape index (κ2) is 7.38. The fourth-order valence-corrected chi connectivity index (χ4v) is 3.22. The Bertz CT molecular complexity index is 474. The van der Waals surface area contributed by atoms with Crippen LogP contribution in [-0.4, -0.2) is 22.5 Å². The topological polar surface area (TPSA) is 43.4 Å². The van der Waals surface area contributed by atoms with E-state index in [1.165, 1.54) is 25.3 Å². The molecule has 0 heterocycles. The molecule has 0 aliphatic rings. The van der Waals surface area contributed by atoms with Crippen LogP contribution in [0.5, 0.6) is 0 Å². The molecule has 0 bridgehead atoms. The lowest BCUT2D eigenvalue weighted by Gasteiger charge is -2.14. The Hall–Kier alpha value is -1.23. The lowest BCUT2D eigenvalue weighted by Crippen LogP contribution is -2.27. The van der Waals surface area contributed by atoms with Crippen molar-refractivity contribution in [2.75, 3.05) is 7.11 Å². The number of hydrogen-bond acceptors (Lipinski definition) is 3. The number of halogens is 1. The van der Waals surface area contributed by atoms with Crippen molar-refractivity contribution in [1.82, 2.24) is 0 Å². The minimum Gasteiger partial charge on any atom is -0.468 e. The van der Waals surface area contributed by atoms with Gasteiger partial charge in [0.05, 0.1) is 17.9 Å². The molecule has 0 saturated carbocycles. The SMILES string of the molecule is CCCC[C@@H](C(=O)OC)[S@@](=O)c1ccc(F)c(C)c1. The predicted molar refractivity (Wildman–Crippen MR) is 72.9 cm³/mol. The van der Waals surface area contributed by atoms with Gasteiger partial charge < -0.3 is 4.74 Å². The summed E-state index contributed by atoms with van der Waals surface area (Å²) < 4.78 is 30.3. The van der Waals surface area contributed by atoms with Gasteiger partial charge >= 0.3 is 5.97 Å². The highest BCUT2D eigenvalue weighted by atomic mass is 32.2. The van der Waals surface area contributed by atoms with Crippen molar-refractivity contribution in [2.24, 2.45) is 0 Å². The fraction of sp³-hybridized carbons (Fsp3) is 0.500. The van der Waals surface area contributed by atoms with Gasteiger partial charge in [0.2, 0.25) is 0 Å². The minimum absolute atomic E-state index is 0.344. The normalized spacial score (nSPS) is 13.9.